The second-order valence-electron chi connectivity index (χ2n) is 8.05. The van der Waals surface area contributed by atoms with Gasteiger partial charge in [0.15, 0.2) is 0 Å². The van der Waals surface area contributed by atoms with Gasteiger partial charge in [0.1, 0.15) is 5.60 Å². The average molecular weight is 364 g/mol. The Kier molecular flexibility index (Phi) is 10.3. The molecule has 0 aliphatic carbocycles. The van der Waals surface area contributed by atoms with Crippen LogP contribution in [-0.4, -0.2) is 29.4 Å². The molecule has 4 heteroatoms. The summed E-state index contributed by atoms with van der Waals surface area (Å²) >= 11 is 0. The van der Waals surface area contributed by atoms with Crippen molar-refractivity contribution in [1.82, 2.24) is 5.32 Å². The molecule has 0 aliphatic rings. The number of ether oxygens (including phenoxy) is 1. The lowest BCUT2D eigenvalue weighted by atomic mass is 10.0. The van der Waals surface area contributed by atoms with E-state index in [0.29, 0.717) is 0 Å². The van der Waals surface area contributed by atoms with Gasteiger partial charge in [0.25, 0.3) is 0 Å². The molecule has 1 aromatic carbocycles. The van der Waals surface area contributed by atoms with Crippen LogP contribution >= 0.6 is 0 Å². The number of hydrogen-bond acceptors (Lipinski definition) is 3. The molecule has 0 heterocycles. The van der Waals surface area contributed by atoms with Crippen LogP contribution in [0.15, 0.2) is 24.3 Å². The fourth-order valence-corrected chi connectivity index (χ4v) is 2.83. The standard InChI is InChI=1S/C22H37NO3/c1-5-6-10-18-13-15-19(16-14-18)11-8-7-9-12-20(17-24)23-21(25)26-22(2,3)4/h13-16,20,24H,5-12,17H2,1-4H3,(H,23,25). The van der Waals surface area contributed by atoms with Gasteiger partial charge in [0.2, 0.25) is 0 Å². The Balaban J connectivity index is 2.21. The smallest absolute Gasteiger partial charge is 0.407 e. The highest BCUT2D eigenvalue weighted by molar-refractivity contribution is 5.68. The number of alkyl carbamates (subject to hydrolysis) is 1. The summed E-state index contributed by atoms with van der Waals surface area (Å²) in [6.45, 7) is 7.65. The maximum atomic E-state index is 11.8. The number of unbranched alkanes of at least 4 members (excludes halogenated alkanes) is 3. The van der Waals surface area contributed by atoms with Gasteiger partial charge in [-0.3, -0.25) is 0 Å². The number of carbonyl (C=O) groups is 1. The number of aliphatic hydroxyl groups is 1. The number of benzene rings is 1. The van der Waals surface area contributed by atoms with Gasteiger partial charge in [0, 0.05) is 0 Å². The molecule has 1 atom stereocenters. The maximum Gasteiger partial charge on any atom is 0.407 e. The molecule has 1 rings (SSSR count). The molecule has 0 saturated carbocycles. The maximum absolute atomic E-state index is 11.8. The van der Waals surface area contributed by atoms with Crippen LogP contribution in [0, 0.1) is 0 Å². The Morgan fingerprint density at radius 2 is 1.62 bits per heavy atom. The monoisotopic (exact) mass is 363 g/mol. The zero-order valence-corrected chi connectivity index (χ0v) is 17.0. The molecule has 4 nitrogen and oxygen atoms in total. The number of carbonyl (C=O) groups excluding carboxylic acids is 1. The fourth-order valence-electron chi connectivity index (χ4n) is 2.83. The summed E-state index contributed by atoms with van der Waals surface area (Å²) in [6.07, 6.45) is 8.24. The van der Waals surface area contributed by atoms with E-state index in [1.54, 1.807) is 0 Å². The van der Waals surface area contributed by atoms with E-state index in [0.717, 1.165) is 32.1 Å². The minimum absolute atomic E-state index is 0.0571. The first-order chi connectivity index (χ1) is 12.3. The van der Waals surface area contributed by atoms with Crippen molar-refractivity contribution in [3.8, 4) is 0 Å². The minimum atomic E-state index is -0.518. The van der Waals surface area contributed by atoms with Gasteiger partial charge in [0.05, 0.1) is 12.6 Å². The molecule has 1 amide bonds. The second kappa shape index (κ2) is 11.9. The Morgan fingerprint density at radius 3 is 2.12 bits per heavy atom. The fraction of sp³-hybridized carbons (Fsp3) is 0.682. The van der Waals surface area contributed by atoms with Crippen LogP contribution in [0.3, 0.4) is 0 Å². The van der Waals surface area contributed by atoms with E-state index in [9.17, 15) is 9.90 Å². The van der Waals surface area contributed by atoms with Crippen LogP contribution in [0.5, 0.6) is 0 Å². The van der Waals surface area contributed by atoms with Crippen molar-refractivity contribution in [1.29, 1.82) is 0 Å². The van der Waals surface area contributed by atoms with Crippen molar-refractivity contribution in [3.63, 3.8) is 0 Å². The summed E-state index contributed by atoms with van der Waals surface area (Å²) in [5.41, 5.74) is 2.29. The number of hydrogen-bond donors (Lipinski definition) is 2. The first-order valence-corrected chi connectivity index (χ1v) is 10.0. The van der Waals surface area contributed by atoms with E-state index >= 15 is 0 Å². The predicted octanol–water partition coefficient (Wildman–Crippen LogP) is 5.02. The van der Waals surface area contributed by atoms with E-state index in [-0.39, 0.29) is 12.6 Å². The van der Waals surface area contributed by atoms with Crippen LogP contribution in [0.2, 0.25) is 0 Å². The van der Waals surface area contributed by atoms with Gasteiger partial charge in [-0.15, -0.1) is 0 Å². The molecule has 0 aromatic heterocycles. The summed E-state index contributed by atoms with van der Waals surface area (Å²) in [5.74, 6) is 0. The summed E-state index contributed by atoms with van der Waals surface area (Å²) in [6, 6.07) is 8.74. The van der Waals surface area contributed by atoms with Crippen LogP contribution in [0.1, 0.15) is 77.3 Å². The molecule has 148 valence electrons. The second-order valence-corrected chi connectivity index (χ2v) is 8.05. The SMILES string of the molecule is CCCCc1ccc(CCCCCC(CO)NC(=O)OC(C)(C)C)cc1. The van der Waals surface area contributed by atoms with Crippen molar-refractivity contribution in [3.05, 3.63) is 35.4 Å². The molecule has 1 unspecified atom stereocenters. The lowest BCUT2D eigenvalue weighted by Gasteiger charge is -2.22. The minimum Gasteiger partial charge on any atom is -0.444 e. The molecule has 1 aromatic rings. The third kappa shape index (κ3) is 10.4. The topological polar surface area (TPSA) is 58.6 Å². The third-order valence-electron chi connectivity index (χ3n) is 4.30. The van der Waals surface area contributed by atoms with Crippen molar-refractivity contribution < 1.29 is 14.6 Å². The molecule has 0 aliphatic heterocycles. The quantitative estimate of drug-likeness (QED) is 0.543. The van der Waals surface area contributed by atoms with Crippen LogP contribution in [0.25, 0.3) is 0 Å². The lowest BCUT2D eigenvalue weighted by molar-refractivity contribution is 0.0478. The Labute approximate surface area is 159 Å². The van der Waals surface area contributed by atoms with Gasteiger partial charge >= 0.3 is 6.09 Å². The van der Waals surface area contributed by atoms with Gasteiger partial charge in [-0.05, 0) is 64.0 Å². The highest BCUT2D eigenvalue weighted by Crippen LogP contribution is 2.13. The molecule has 0 saturated heterocycles. The van der Waals surface area contributed by atoms with E-state index in [2.05, 4.69) is 36.5 Å². The number of rotatable bonds is 11. The summed E-state index contributed by atoms with van der Waals surface area (Å²) in [5, 5.41) is 12.2. The average Bonchev–Trinajstić information content (AvgIpc) is 2.58. The Bertz CT molecular complexity index is 505. The highest BCUT2D eigenvalue weighted by Gasteiger charge is 2.18. The van der Waals surface area contributed by atoms with Crippen LogP contribution in [0.4, 0.5) is 4.79 Å². The molecule has 0 radical (unpaired) electrons. The molecule has 0 spiro atoms. The van der Waals surface area contributed by atoms with E-state index in [1.165, 1.54) is 30.4 Å². The number of aliphatic hydroxyl groups excluding tert-OH is 1. The van der Waals surface area contributed by atoms with E-state index in [1.807, 2.05) is 20.8 Å². The molecular weight excluding hydrogens is 326 g/mol. The van der Waals surface area contributed by atoms with Gasteiger partial charge < -0.3 is 15.2 Å². The molecule has 0 bridgehead atoms. The van der Waals surface area contributed by atoms with Gasteiger partial charge in [-0.25, -0.2) is 4.79 Å². The summed E-state index contributed by atoms with van der Waals surface area (Å²) < 4.78 is 5.23. The number of nitrogens with one attached hydrogen (secondary N) is 1. The van der Waals surface area contributed by atoms with Gasteiger partial charge in [-0.2, -0.15) is 0 Å². The van der Waals surface area contributed by atoms with Crippen molar-refractivity contribution >= 4 is 6.09 Å². The molecule has 0 fully saturated rings. The summed E-state index contributed by atoms with van der Waals surface area (Å²) in [7, 11) is 0. The van der Waals surface area contributed by atoms with Crippen molar-refractivity contribution in [2.24, 2.45) is 0 Å². The Morgan fingerprint density at radius 1 is 1.04 bits per heavy atom. The predicted molar refractivity (Wildman–Crippen MR) is 107 cm³/mol. The zero-order valence-electron chi connectivity index (χ0n) is 17.0. The zero-order chi connectivity index (χ0) is 19.4. The molecular formula is C22H37NO3. The lowest BCUT2D eigenvalue weighted by Crippen LogP contribution is -2.41. The molecule has 26 heavy (non-hydrogen) atoms. The molecule has 2 N–H and O–H groups in total. The van der Waals surface area contributed by atoms with E-state index in [4.69, 9.17) is 4.74 Å². The van der Waals surface area contributed by atoms with E-state index < -0.39 is 11.7 Å². The van der Waals surface area contributed by atoms with Gasteiger partial charge in [-0.1, -0.05) is 50.5 Å². The first kappa shape index (κ1) is 22.5. The Hall–Kier alpha value is -1.55. The van der Waals surface area contributed by atoms with Crippen molar-refractivity contribution in [2.75, 3.05) is 6.61 Å². The third-order valence-corrected chi connectivity index (χ3v) is 4.30. The van der Waals surface area contributed by atoms with Crippen LogP contribution in [-0.2, 0) is 17.6 Å². The first-order valence-electron chi connectivity index (χ1n) is 10.0. The highest BCUT2D eigenvalue weighted by atomic mass is 16.6. The van der Waals surface area contributed by atoms with Crippen molar-refractivity contribution in [2.45, 2.75) is 90.7 Å². The number of aryl methyl sites for hydroxylation is 2. The summed E-state index contributed by atoms with van der Waals surface area (Å²) in [4.78, 5) is 11.8. The largest absolute Gasteiger partial charge is 0.444 e. The van der Waals surface area contributed by atoms with Crippen LogP contribution < -0.4 is 5.32 Å². The normalized spacial score (nSPS) is 12.7. The number of amides is 1.